The van der Waals surface area contributed by atoms with Crippen LogP contribution in [0, 0.1) is 0 Å². The average molecular weight is 438 g/mol. The van der Waals surface area contributed by atoms with E-state index < -0.39 is 0 Å². The number of hydrogen-bond donors (Lipinski definition) is 1. The highest BCUT2D eigenvalue weighted by molar-refractivity contribution is 9.10. The van der Waals surface area contributed by atoms with Gasteiger partial charge in [-0.1, -0.05) is 33.6 Å². The first kappa shape index (κ1) is 18.0. The Hall–Kier alpha value is -1.76. The summed E-state index contributed by atoms with van der Waals surface area (Å²) >= 11 is 10.7. The number of aliphatic imine (C=N–C) groups is 1. The maximum Gasteiger partial charge on any atom is 0.264 e. The lowest BCUT2D eigenvalue weighted by molar-refractivity contribution is -0.115. The first-order valence-electron chi connectivity index (χ1n) is 7.52. The number of nitrogens with one attached hydrogen (secondary N) is 1. The Morgan fingerprint density at radius 2 is 2.16 bits per heavy atom. The molecule has 0 saturated carbocycles. The first-order valence-corrected chi connectivity index (χ1v) is 9.51. The Labute approximate surface area is 163 Å². The molecule has 2 aromatic rings. The van der Waals surface area contributed by atoms with Crippen LogP contribution < -0.4 is 10.1 Å². The van der Waals surface area contributed by atoms with Crippen LogP contribution in [0.15, 0.2) is 56.8 Å². The van der Waals surface area contributed by atoms with Crippen LogP contribution in [0.3, 0.4) is 0 Å². The van der Waals surface area contributed by atoms with Crippen LogP contribution in [0.4, 0.5) is 5.69 Å². The normalized spacial score (nSPS) is 17.2. The molecule has 0 unspecified atom stereocenters. The summed E-state index contributed by atoms with van der Waals surface area (Å²) < 4.78 is 6.54. The van der Waals surface area contributed by atoms with Gasteiger partial charge < -0.3 is 10.1 Å². The Kier molecular flexibility index (Phi) is 5.83. The number of carbonyl (C=O) groups is 1. The van der Waals surface area contributed by atoms with Gasteiger partial charge in [0, 0.05) is 15.1 Å². The highest BCUT2D eigenvalue weighted by atomic mass is 79.9. The van der Waals surface area contributed by atoms with Gasteiger partial charge in [-0.15, -0.1) is 0 Å². The molecular formula is C18H14BrClN2O2S. The summed E-state index contributed by atoms with van der Waals surface area (Å²) in [6.07, 6.45) is 1.80. The Balaban J connectivity index is 1.88. The highest BCUT2D eigenvalue weighted by Crippen LogP contribution is 2.32. The number of carbonyl (C=O) groups excluding carboxylic acids is 1. The van der Waals surface area contributed by atoms with Crippen molar-refractivity contribution in [2.75, 3.05) is 6.61 Å². The molecule has 0 spiro atoms. The molecular weight excluding hydrogens is 424 g/mol. The monoisotopic (exact) mass is 436 g/mol. The highest BCUT2D eigenvalue weighted by Gasteiger charge is 2.24. The summed E-state index contributed by atoms with van der Waals surface area (Å²) in [5.41, 5.74) is 1.52. The number of halogens is 2. The fourth-order valence-corrected chi connectivity index (χ4v) is 3.60. The fraction of sp³-hybridized carbons (Fsp3) is 0.111. The third kappa shape index (κ3) is 4.66. The number of amidine groups is 1. The molecule has 1 N–H and O–H groups in total. The van der Waals surface area contributed by atoms with E-state index in [9.17, 15) is 4.79 Å². The maximum atomic E-state index is 12.2. The Morgan fingerprint density at radius 3 is 2.92 bits per heavy atom. The van der Waals surface area contributed by atoms with E-state index in [1.165, 1.54) is 11.8 Å². The Morgan fingerprint density at radius 1 is 1.32 bits per heavy atom. The van der Waals surface area contributed by atoms with Crippen LogP contribution >= 0.6 is 39.3 Å². The summed E-state index contributed by atoms with van der Waals surface area (Å²) in [6.45, 7) is 2.48. The molecule has 0 aromatic heterocycles. The minimum absolute atomic E-state index is 0.187. The zero-order valence-corrected chi connectivity index (χ0v) is 16.4. The average Bonchev–Trinajstić information content (AvgIpc) is 2.89. The third-order valence-electron chi connectivity index (χ3n) is 3.25. The molecule has 3 rings (SSSR count). The van der Waals surface area contributed by atoms with Crippen molar-refractivity contribution in [3.63, 3.8) is 0 Å². The van der Waals surface area contributed by atoms with Gasteiger partial charge in [0.05, 0.1) is 17.2 Å². The molecule has 1 aliphatic heterocycles. The van der Waals surface area contributed by atoms with E-state index in [0.717, 1.165) is 15.8 Å². The van der Waals surface area contributed by atoms with E-state index in [4.69, 9.17) is 16.3 Å². The fourth-order valence-electron chi connectivity index (χ4n) is 2.20. The number of rotatable bonds is 4. The lowest BCUT2D eigenvalue weighted by Crippen LogP contribution is -2.19. The van der Waals surface area contributed by atoms with Gasteiger partial charge in [-0.05, 0) is 61.2 Å². The second-order valence-electron chi connectivity index (χ2n) is 5.08. The van der Waals surface area contributed by atoms with Gasteiger partial charge in [-0.3, -0.25) is 4.79 Å². The van der Waals surface area contributed by atoms with Gasteiger partial charge in [-0.2, -0.15) is 0 Å². The van der Waals surface area contributed by atoms with E-state index in [2.05, 4.69) is 26.2 Å². The molecule has 1 amide bonds. The van der Waals surface area contributed by atoms with Crippen molar-refractivity contribution in [3.05, 3.63) is 62.4 Å². The maximum absolute atomic E-state index is 12.2. The van der Waals surface area contributed by atoms with E-state index in [0.29, 0.717) is 27.4 Å². The van der Waals surface area contributed by atoms with Crippen molar-refractivity contribution >= 4 is 62.1 Å². The SMILES string of the molecule is CCOc1ccc(Br)cc1C=C1SC(=Nc2cccc(Cl)c2)NC1=O. The van der Waals surface area contributed by atoms with Crippen LogP contribution in [-0.2, 0) is 4.79 Å². The largest absolute Gasteiger partial charge is 0.493 e. The first-order chi connectivity index (χ1) is 12.0. The molecule has 0 radical (unpaired) electrons. The second-order valence-corrected chi connectivity index (χ2v) is 7.46. The molecule has 1 aliphatic rings. The summed E-state index contributed by atoms with van der Waals surface area (Å²) in [5.74, 6) is 0.542. The van der Waals surface area contributed by atoms with Crippen LogP contribution in [0.25, 0.3) is 6.08 Å². The van der Waals surface area contributed by atoms with Gasteiger partial charge in [0.1, 0.15) is 5.75 Å². The van der Waals surface area contributed by atoms with Crippen LogP contribution in [0.1, 0.15) is 12.5 Å². The summed E-state index contributed by atoms with van der Waals surface area (Å²) in [6, 6.07) is 12.9. The van der Waals surface area contributed by atoms with Crippen molar-refractivity contribution in [1.82, 2.24) is 5.32 Å². The number of hydrogen-bond acceptors (Lipinski definition) is 4. The molecule has 128 valence electrons. The quantitative estimate of drug-likeness (QED) is 0.652. The van der Waals surface area contributed by atoms with Crippen molar-refractivity contribution in [2.24, 2.45) is 4.99 Å². The van der Waals surface area contributed by atoms with Crippen LogP contribution in [0.5, 0.6) is 5.75 Å². The van der Waals surface area contributed by atoms with Gasteiger partial charge in [0.15, 0.2) is 5.17 Å². The van der Waals surface area contributed by atoms with Crippen LogP contribution in [-0.4, -0.2) is 17.7 Å². The molecule has 7 heteroatoms. The lowest BCUT2D eigenvalue weighted by Gasteiger charge is -2.07. The minimum Gasteiger partial charge on any atom is -0.493 e. The minimum atomic E-state index is -0.187. The predicted molar refractivity (Wildman–Crippen MR) is 108 cm³/mol. The second kappa shape index (κ2) is 8.08. The van der Waals surface area contributed by atoms with E-state index in [1.807, 2.05) is 37.3 Å². The van der Waals surface area contributed by atoms with Crippen molar-refractivity contribution in [3.8, 4) is 5.75 Å². The lowest BCUT2D eigenvalue weighted by atomic mass is 10.2. The topological polar surface area (TPSA) is 50.7 Å². The van der Waals surface area contributed by atoms with Crippen molar-refractivity contribution < 1.29 is 9.53 Å². The molecule has 0 aliphatic carbocycles. The summed E-state index contributed by atoms with van der Waals surface area (Å²) in [7, 11) is 0. The number of ether oxygens (including phenoxy) is 1. The van der Waals surface area contributed by atoms with Gasteiger partial charge in [0.2, 0.25) is 0 Å². The van der Waals surface area contributed by atoms with E-state index in [-0.39, 0.29) is 5.91 Å². The summed E-state index contributed by atoms with van der Waals surface area (Å²) in [4.78, 5) is 17.2. The molecule has 1 fully saturated rings. The standard InChI is InChI=1S/C18H14BrClN2O2S/c1-2-24-15-7-6-12(19)8-11(15)9-16-17(23)22-18(25-16)21-14-5-3-4-13(20)10-14/h3-10H,2H2,1H3,(H,21,22,23). The number of nitrogens with zero attached hydrogens (tertiary/aromatic N) is 1. The molecule has 4 nitrogen and oxygen atoms in total. The Bertz CT molecular complexity index is 883. The van der Waals surface area contributed by atoms with Gasteiger partial charge in [-0.25, -0.2) is 4.99 Å². The smallest absolute Gasteiger partial charge is 0.264 e. The molecule has 0 atom stereocenters. The predicted octanol–water partition coefficient (Wildman–Crippen LogP) is 5.39. The van der Waals surface area contributed by atoms with Gasteiger partial charge in [0.25, 0.3) is 5.91 Å². The summed E-state index contributed by atoms with van der Waals surface area (Å²) in [5, 5.41) is 3.89. The molecule has 1 heterocycles. The third-order valence-corrected chi connectivity index (χ3v) is 4.89. The van der Waals surface area contributed by atoms with Gasteiger partial charge >= 0.3 is 0 Å². The van der Waals surface area contributed by atoms with E-state index >= 15 is 0 Å². The van der Waals surface area contributed by atoms with Crippen molar-refractivity contribution in [2.45, 2.75) is 6.92 Å². The van der Waals surface area contributed by atoms with Crippen LogP contribution in [0.2, 0.25) is 5.02 Å². The van der Waals surface area contributed by atoms with E-state index in [1.54, 1.807) is 18.2 Å². The zero-order chi connectivity index (χ0) is 17.8. The molecule has 0 bridgehead atoms. The van der Waals surface area contributed by atoms with Crippen molar-refractivity contribution in [1.29, 1.82) is 0 Å². The zero-order valence-electron chi connectivity index (χ0n) is 13.3. The molecule has 2 aromatic carbocycles. The molecule has 1 saturated heterocycles. The number of thioether (sulfide) groups is 1. The number of amides is 1. The molecule has 25 heavy (non-hydrogen) atoms. The number of benzene rings is 2.